The zero-order valence-corrected chi connectivity index (χ0v) is 17.4. The molecule has 10 heteroatoms. The summed E-state index contributed by atoms with van der Waals surface area (Å²) in [5.74, 6) is -0.360. The Morgan fingerprint density at radius 2 is 2.00 bits per heavy atom. The molecule has 2 heterocycles. The molecule has 1 N–H and O–H groups in total. The lowest BCUT2D eigenvalue weighted by Crippen LogP contribution is -2.37. The number of aromatic nitrogens is 2. The molecule has 0 atom stereocenters. The molecular formula is C20H18ClFN4O3S. The number of hydrogen-bond donors (Lipinski definition) is 1. The number of nitrogens with one attached hydrogen (secondary N) is 1. The van der Waals surface area contributed by atoms with Crippen molar-refractivity contribution in [3.05, 3.63) is 53.3 Å². The molecule has 0 bridgehead atoms. The Hall–Kier alpha value is -2.62. The summed E-state index contributed by atoms with van der Waals surface area (Å²) in [6, 6.07) is 11.3. The molecule has 4 rings (SSSR count). The van der Waals surface area contributed by atoms with Crippen molar-refractivity contribution in [2.45, 2.75) is 5.22 Å². The van der Waals surface area contributed by atoms with Gasteiger partial charge in [0, 0.05) is 18.7 Å². The maximum Gasteiger partial charge on any atom is 0.277 e. The average molecular weight is 449 g/mol. The number of thioether (sulfide) groups is 1. The first kappa shape index (κ1) is 20.6. The number of benzene rings is 2. The van der Waals surface area contributed by atoms with E-state index < -0.39 is 5.82 Å². The molecule has 1 aliphatic heterocycles. The Kier molecular flexibility index (Phi) is 6.51. The number of anilines is 2. The zero-order valence-electron chi connectivity index (χ0n) is 15.8. The predicted molar refractivity (Wildman–Crippen MR) is 114 cm³/mol. The number of para-hydroxylation sites is 1. The van der Waals surface area contributed by atoms with Crippen molar-refractivity contribution in [3.63, 3.8) is 0 Å². The maximum atomic E-state index is 13.3. The van der Waals surface area contributed by atoms with Crippen LogP contribution < -0.4 is 10.2 Å². The summed E-state index contributed by atoms with van der Waals surface area (Å²) in [5.41, 5.74) is 1.90. The second kappa shape index (κ2) is 9.46. The number of rotatable bonds is 6. The van der Waals surface area contributed by atoms with E-state index >= 15 is 0 Å². The zero-order chi connectivity index (χ0) is 20.9. The second-order valence-electron chi connectivity index (χ2n) is 6.46. The van der Waals surface area contributed by atoms with Crippen molar-refractivity contribution in [1.82, 2.24) is 10.2 Å². The summed E-state index contributed by atoms with van der Waals surface area (Å²) in [5, 5.41) is 11.5. The Balaban J connectivity index is 1.40. The molecule has 0 saturated carbocycles. The molecule has 3 aromatic rings. The fourth-order valence-electron chi connectivity index (χ4n) is 3.04. The predicted octanol–water partition coefficient (Wildman–Crippen LogP) is 4.10. The van der Waals surface area contributed by atoms with Crippen molar-refractivity contribution in [2.75, 3.05) is 42.3 Å². The van der Waals surface area contributed by atoms with Gasteiger partial charge in [-0.2, -0.15) is 0 Å². The van der Waals surface area contributed by atoms with E-state index in [9.17, 15) is 9.18 Å². The summed E-state index contributed by atoms with van der Waals surface area (Å²) < 4.78 is 24.3. The van der Waals surface area contributed by atoms with E-state index in [4.69, 9.17) is 20.8 Å². The van der Waals surface area contributed by atoms with Crippen LogP contribution in [0.2, 0.25) is 5.02 Å². The molecule has 156 valence electrons. The second-order valence-corrected chi connectivity index (χ2v) is 7.79. The molecule has 0 unspecified atom stereocenters. The molecule has 1 fully saturated rings. The topological polar surface area (TPSA) is 80.5 Å². The molecule has 30 heavy (non-hydrogen) atoms. The number of morpholine rings is 1. The van der Waals surface area contributed by atoms with Crippen molar-refractivity contribution in [3.8, 4) is 11.5 Å². The van der Waals surface area contributed by atoms with Crippen molar-refractivity contribution in [1.29, 1.82) is 0 Å². The number of hydrogen-bond acceptors (Lipinski definition) is 7. The van der Waals surface area contributed by atoms with Gasteiger partial charge in [0.1, 0.15) is 5.82 Å². The minimum Gasteiger partial charge on any atom is -0.411 e. The Morgan fingerprint density at radius 3 is 2.80 bits per heavy atom. The van der Waals surface area contributed by atoms with E-state index in [0.717, 1.165) is 17.4 Å². The van der Waals surface area contributed by atoms with Gasteiger partial charge >= 0.3 is 0 Å². The van der Waals surface area contributed by atoms with Gasteiger partial charge in [0.25, 0.3) is 5.22 Å². The first-order valence-electron chi connectivity index (χ1n) is 9.23. The molecule has 1 saturated heterocycles. The third kappa shape index (κ3) is 4.92. The van der Waals surface area contributed by atoms with E-state index in [1.54, 1.807) is 24.3 Å². The van der Waals surface area contributed by atoms with Gasteiger partial charge in [-0.05, 0) is 30.3 Å². The Morgan fingerprint density at radius 1 is 1.20 bits per heavy atom. The standard InChI is InChI=1S/C20H18ClFN4O3S/c21-15-5-2-6-16(18(15)26-7-9-28-10-8-26)23-17(27)12-30-20-25-24-19(29-20)13-3-1-4-14(22)11-13/h1-6,11H,7-10,12H2,(H,23,27). The monoisotopic (exact) mass is 448 g/mol. The fraction of sp³-hybridized carbons (Fsp3) is 0.250. The molecule has 2 aromatic carbocycles. The lowest BCUT2D eigenvalue weighted by Gasteiger charge is -2.31. The van der Waals surface area contributed by atoms with Crippen LogP contribution >= 0.6 is 23.4 Å². The largest absolute Gasteiger partial charge is 0.411 e. The van der Waals surface area contributed by atoms with Crippen LogP contribution in [-0.2, 0) is 9.53 Å². The third-order valence-corrected chi connectivity index (χ3v) is 5.52. The first-order chi connectivity index (χ1) is 14.6. The lowest BCUT2D eigenvalue weighted by atomic mass is 10.2. The number of halogens is 2. The maximum absolute atomic E-state index is 13.3. The highest BCUT2D eigenvalue weighted by molar-refractivity contribution is 7.99. The minimum absolute atomic E-state index is 0.0693. The van der Waals surface area contributed by atoms with Gasteiger partial charge in [-0.3, -0.25) is 4.79 Å². The number of amides is 1. The molecular weight excluding hydrogens is 431 g/mol. The summed E-state index contributed by atoms with van der Waals surface area (Å²) >= 11 is 7.49. The first-order valence-corrected chi connectivity index (χ1v) is 10.6. The van der Waals surface area contributed by atoms with E-state index in [-0.39, 0.29) is 22.8 Å². The van der Waals surface area contributed by atoms with E-state index in [1.807, 2.05) is 6.07 Å². The number of nitrogens with zero attached hydrogens (tertiary/aromatic N) is 3. The molecule has 0 spiro atoms. The summed E-state index contributed by atoms with van der Waals surface area (Å²) in [7, 11) is 0. The van der Waals surface area contributed by atoms with Crippen molar-refractivity contribution >= 4 is 40.6 Å². The van der Waals surface area contributed by atoms with Gasteiger partial charge in [-0.25, -0.2) is 4.39 Å². The van der Waals surface area contributed by atoms with Crippen LogP contribution in [-0.4, -0.2) is 48.2 Å². The molecule has 7 nitrogen and oxygen atoms in total. The van der Waals surface area contributed by atoms with Crippen LogP contribution in [0.4, 0.5) is 15.8 Å². The highest BCUT2D eigenvalue weighted by Crippen LogP contribution is 2.34. The normalized spacial score (nSPS) is 14.0. The summed E-state index contributed by atoms with van der Waals surface area (Å²) in [6.45, 7) is 2.62. The van der Waals surface area contributed by atoms with Crippen LogP contribution in [0.1, 0.15) is 0 Å². The average Bonchev–Trinajstić information content (AvgIpc) is 3.22. The molecule has 0 aliphatic carbocycles. The van der Waals surface area contributed by atoms with Gasteiger partial charge in [0.05, 0.1) is 35.4 Å². The quantitative estimate of drug-likeness (QED) is 0.568. The lowest BCUT2D eigenvalue weighted by molar-refractivity contribution is -0.113. The van der Waals surface area contributed by atoms with Gasteiger partial charge in [-0.15, -0.1) is 10.2 Å². The Bertz CT molecular complexity index is 1040. The van der Waals surface area contributed by atoms with Crippen LogP contribution in [0, 0.1) is 5.82 Å². The number of carbonyl (C=O) groups excluding carboxylic acids is 1. The van der Waals surface area contributed by atoms with Gasteiger partial charge in [0.15, 0.2) is 0 Å². The van der Waals surface area contributed by atoms with E-state index in [2.05, 4.69) is 20.4 Å². The SMILES string of the molecule is O=C(CSc1nnc(-c2cccc(F)c2)o1)Nc1cccc(Cl)c1N1CCOCC1. The van der Waals surface area contributed by atoms with Gasteiger partial charge in [-0.1, -0.05) is 35.5 Å². The van der Waals surface area contributed by atoms with E-state index in [0.29, 0.717) is 42.6 Å². The summed E-state index contributed by atoms with van der Waals surface area (Å²) in [4.78, 5) is 14.6. The summed E-state index contributed by atoms with van der Waals surface area (Å²) in [6.07, 6.45) is 0. The highest BCUT2D eigenvalue weighted by Gasteiger charge is 2.19. The van der Waals surface area contributed by atoms with Crippen molar-refractivity contribution in [2.24, 2.45) is 0 Å². The highest BCUT2D eigenvalue weighted by atomic mass is 35.5. The van der Waals surface area contributed by atoms with Crippen LogP contribution in [0.15, 0.2) is 52.1 Å². The smallest absolute Gasteiger partial charge is 0.277 e. The number of carbonyl (C=O) groups is 1. The van der Waals surface area contributed by atoms with Crippen LogP contribution in [0.25, 0.3) is 11.5 Å². The van der Waals surface area contributed by atoms with Gasteiger partial charge < -0.3 is 19.4 Å². The molecule has 0 radical (unpaired) electrons. The molecule has 1 aliphatic rings. The van der Waals surface area contributed by atoms with Crippen LogP contribution in [0.3, 0.4) is 0 Å². The van der Waals surface area contributed by atoms with Crippen molar-refractivity contribution < 1.29 is 18.3 Å². The fourth-order valence-corrected chi connectivity index (χ4v) is 3.90. The Labute approximate surface area is 181 Å². The van der Waals surface area contributed by atoms with Gasteiger partial charge in [0.2, 0.25) is 11.8 Å². The molecule has 1 amide bonds. The minimum atomic E-state index is -0.392. The van der Waals surface area contributed by atoms with Crippen LogP contribution in [0.5, 0.6) is 0 Å². The molecule has 1 aromatic heterocycles. The third-order valence-electron chi connectivity index (χ3n) is 4.39. The van der Waals surface area contributed by atoms with E-state index in [1.165, 1.54) is 12.1 Å². The number of ether oxygens (including phenoxy) is 1.